The molecule has 34 heavy (non-hydrogen) atoms. The van der Waals surface area contributed by atoms with Crippen LogP contribution in [0.15, 0.2) is 54.7 Å². The molecule has 2 aromatic carbocycles. The zero-order valence-electron chi connectivity index (χ0n) is 18.7. The average Bonchev–Trinajstić information content (AvgIpc) is 3.60. The first-order chi connectivity index (χ1) is 16.5. The second-order valence-corrected chi connectivity index (χ2v) is 8.30. The van der Waals surface area contributed by atoms with E-state index in [1.165, 1.54) is 16.9 Å². The van der Waals surface area contributed by atoms with Gasteiger partial charge in [-0.2, -0.15) is 9.78 Å². The average molecular weight is 457 g/mol. The number of aromatic nitrogens is 4. The number of benzene rings is 2. The Bertz CT molecular complexity index is 1390. The van der Waals surface area contributed by atoms with Gasteiger partial charge >= 0.3 is 6.03 Å². The lowest BCUT2D eigenvalue weighted by molar-refractivity contribution is 0.102. The molecule has 0 unspecified atom stereocenters. The lowest BCUT2D eigenvalue weighted by Gasteiger charge is -2.08. The maximum Gasteiger partial charge on any atom is 0.342 e. The number of fused-ring (bicyclic) bond motifs is 1. The molecule has 1 aliphatic rings. The Morgan fingerprint density at radius 1 is 1.12 bits per heavy atom. The number of rotatable bonds is 6. The van der Waals surface area contributed by atoms with E-state index in [2.05, 4.69) is 25.7 Å². The van der Waals surface area contributed by atoms with Crippen molar-refractivity contribution in [2.24, 2.45) is 0 Å². The molecule has 5 rings (SSSR count). The molecule has 9 heteroatoms. The van der Waals surface area contributed by atoms with Crippen molar-refractivity contribution >= 4 is 28.7 Å². The predicted octanol–water partition coefficient (Wildman–Crippen LogP) is 4.30. The van der Waals surface area contributed by atoms with Crippen LogP contribution in [0.25, 0.3) is 22.3 Å². The van der Waals surface area contributed by atoms with Crippen LogP contribution < -0.4 is 10.6 Å². The van der Waals surface area contributed by atoms with Gasteiger partial charge in [-0.25, -0.2) is 9.78 Å². The van der Waals surface area contributed by atoms with Gasteiger partial charge in [0, 0.05) is 29.8 Å². The number of amides is 2. The Labute approximate surface area is 195 Å². The Morgan fingerprint density at radius 2 is 1.91 bits per heavy atom. The molecule has 0 bridgehead atoms. The Hall–Kier alpha value is -4.27. The van der Waals surface area contributed by atoms with E-state index in [4.69, 9.17) is 0 Å². The van der Waals surface area contributed by atoms with Gasteiger partial charge < -0.3 is 15.7 Å². The van der Waals surface area contributed by atoms with Crippen LogP contribution in [0.5, 0.6) is 5.75 Å². The van der Waals surface area contributed by atoms with E-state index in [0.717, 1.165) is 25.0 Å². The van der Waals surface area contributed by atoms with Crippen LogP contribution in [0.1, 0.15) is 48.3 Å². The molecular formula is C25H24N6O3. The summed E-state index contributed by atoms with van der Waals surface area (Å²) < 4.78 is 1.40. The van der Waals surface area contributed by atoms with E-state index < -0.39 is 5.91 Å². The van der Waals surface area contributed by atoms with E-state index in [1.807, 2.05) is 31.2 Å². The first-order valence-corrected chi connectivity index (χ1v) is 11.3. The molecule has 0 spiro atoms. The van der Waals surface area contributed by atoms with Crippen molar-refractivity contribution in [1.29, 1.82) is 0 Å². The van der Waals surface area contributed by atoms with Crippen molar-refractivity contribution in [1.82, 2.24) is 25.1 Å². The maximum atomic E-state index is 12.7. The summed E-state index contributed by atoms with van der Waals surface area (Å²) in [4.78, 5) is 33.8. The van der Waals surface area contributed by atoms with Crippen molar-refractivity contribution in [2.75, 3.05) is 11.9 Å². The molecule has 0 atom stereocenters. The number of phenols is 1. The molecule has 9 nitrogen and oxygen atoms in total. The third kappa shape index (κ3) is 4.32. The summed E-state index contributed by atoms with van der Waals surface area (Å²) in [7, 11) is 0. The summed E-state index contributed by atoms with van der Waals surface area (Å²) in [5.41, 5.74) is 3.73. The second-order valence-electron chi connectivity index (χ2n) is 8.30. The van der Waals surface area contributed by atoms with Crippen LogP contribution in [-0.2, 0) is 0 Å². The quantitative estimate of drug-likeness (QED) is 0.398. The third-order valence-corrected chi connectivity index (χ3v) is 5.66. The van der Waals surface area contributed by atoms with E-state index >= 15 is 0 Å². The molecule has 172 valence electrons. The lowest BCUT2D eigenvalue weighted by atomic mass is 10.1. The third-order valence-electron chi connectivity index (χ3n) is 5.66. The van der Waals surface area contributed by atoms with E-state index in [9.17, 15) is 14.7 Å². The first kappa shape index (κ1) is 21.6. The highest BCUT2D eigenvalue weighted by molar-refractivity contribution is 6.03. The van der Waals surface area contributed by atoms with Gasteiger partial charge in [-0.05, 0) is 49.6 Å². The molecule has 2 heterocycles. The van der Waals surface area contributed by atoms with Crippen molar-refractivity contribution in [2.45, 2.75) is 32.1 Å². The number of hydrogen-bond donors (Lipinski definition) is 3. The minimum Gasteiger partial charge on any atom is -0.507 e. The topological polar surface area (TPSA) is 122 Å². The van der Waals surface area contributed by atoms with E-state index in [1.54, 1.807) is 18.2 Å². The van der Waals surface area contributed by atoms with Gasteiger partial charge in [0.05, 0.1) is 28.6 Å². The lowest BCUT2D eigenvalue weighted by Crippen LogP contribution is -2.31. The Kier molecular flexibility index (Phi) is 5.67. The monoisotopic (exact) mass is 456 g/mol. The summed E-state index contributed by atoms with van der Waals surface area (Å²) >= 11 is 0. The molecule has 0 aliphatic heterocycles. The molecule has 1 fully saturated rings. The van der Waals surface area contributed by atoms with Crippen molar-refractivity contribution in [3.05, 3.63) is 66.1 Å². The smallest absolute Gasteiger partial charge is 0.342 e. The van der Waals surface area contributed by atoms with Crippen LogP contribution in [0, 0.1) is 0 Å². The number of nitrogens with zero attached hydrogens (tertiary/aromatic N) is 4. The summed E-state index contributed by atoms with van der Waals surface area (Å²) in [6.07, 6.45) is 4.28. The van der Waals surface area contributed by atoms with E-state index in [0.29, 0.717) is 40.4 Å². The van der Waals surface area contributed by atoms with Crippen molar-refractivity contribution in [3.63, 3.8) is 0 Å². The van der Waals surface area contributed by atoms with Gasteiger partial charge in [-0.1, -0.05) is 19.1 Å². The predicted molar refractivity (Wildman–Crippen MR) is 128 cm³/mol. The first-order valence-electron chi connectivity index (χ1n) is 11.3. The van der Waals surface area contributed by atoms with Crippen molar-refractivity contribution < 1.29 is 14.7 Å². The Balaban J connectivity index is 1.37. The number of carbonyl (C=O) groups excluding carboxylic acids is 2. The summed E-state index contributed by atoms with van der Waals surface area (Å²) in [5, 5.41) is 20.7. The SMILES string of the molecule is CCCNC(=O)n1nc(-c2ccc(NC(=O)c3cnc4ccccc4n3)cc2O)cc1C1CC1. The maximum absolute atomic E-state index is 12.7. The number of para-hydroxylation sites is 2. The van der Waals surface area contributed by atoms with Crippen LogP contribution in [0.3, 0.4) is 0 Å². The zero-order valence-corrected chi connectivity index (χ0v) is 18.7. The molecule has 0 saturated heterocycles. The van der Waals surface area contributed by atoms with Crippen LogP contribution in [0.4, 0.5) is 10.5 Å². The largest absolute Gasteiger partial charge is 0.507 e. The van der Waals surface area contributed by atoms with Gasteiger partial charge in [0.15, 0.2) is 0 Å². The molecule has 1 saturated carbocycles. The number of carbonyl (C=O) groups is 2. The fraction of sp³-hybridized carbons (Fsp3) is 0.240. The van der Waals surface area contributed by atoms with Gasteiger partial charge in [0.25, 0.3) is 5.91 Å². The highest BCUT2D eigenvalue weighted by Gasteiger charge is 2.30. The fourth-order valence-corrected chi connectivity index (χ4v) is 3.75. The normalized spacial score (nSPS) is 13.1. The standard InChI is InChI=1S/C25H24N6O3/c1-2-11-26-25(34)31-22(15-7-8-15)13-20(30-31)17-10-9-16(12-23(17)32)28-24(33)21-14-27-18-5-3-4-6-19(18)29-21/h3-6,9-10,12-15,32H,2,7-8,11H2,1H3,(H,26,34)(H,28,33). The van der Waals surface area contributed by atoms with Crippen LogP contribution in [0.2, 0.25) is 0 Å². The second kappa shape index (κ2) is 8.93. The molecule has 2 amide bonds. The van der Waals surface area contributed by atoms with Crippen LogP contribution >= 0.6 is 0 Å². The minimum atomic E-state index is -0.432. The molecule has 3 N–H and O–H groups in total. The van der Waals surface area contributed by atoms with Crippen molar-refractivity contribution in [3.8, 4) is 17.0 Å². The number of anilines is 1. The minimum absolute atomic E-state index is 0.0524. The number of aromatic hydroxyl groups is 1. The van der Waals surface area contributed by atoms with Gasteiger partial charge in [0.1, 0.15) is 11.4 Å². The number of nitrogens with one attached hydrogen (secondary N) is 2. The van der Waals surface area contributed by atoms with Crippen LogP contribution in [-0.4, -0.2) is 43.3 Å². The molecule has 1 aliphatic carbocycles. The number of hydrogen-bond acceptors (Lipinski definition) is 6. The number of phenolic OH excluding ortho intramolecular Hbond substituents is 1. The highest BCUT2D eigenvalue weighted by Crippen LogP contribution is 2.42. The molecule has 4 aromatic rings. The summed E-state index contributed by atoms with van der Waals surface area (Å²) in [6.45, 7) is 2.56. The summed E-state index contributed by atoms with van der Waals surface area (Å²) in [5.74, 6) is -0.181. The molecule has 2 aromatic heterocycles. The molecular weight excluding hydrogens is 432 g/mol. The van der Waals surface area contributed by atoms with Gasteiger partial charge in [-0.15, -0.1) is 0 Å². The summed E-state index contributed by atoms with van der Waals surface area (Å²) in [6, 6.07) is 13.7. The molecule has 0 radical (unpaired) electrons. The Morgan fingerprint density at radius 3 is 2.65 bits per heavy atom. The zero-order chi connectivity index (χ0) is 23.7. The van der Waals surface area contributed by atoms with E-state index in [-0.39, 0.29) is 17.5 Å². The highest BCUT2D eigenvalue weighted by atomic mass is 16.3. The fourth-order valence-electron chi connectivity index (χ4n) is 3.75. The van der Waals surface area contributed by atoms with Gasteiger partial charge in [-0.3, -0.25) is 9.78 Å². The van der Waals surface area contributed by atoms with Gasteiger partial charge in [0.2, 0.25) is 0 Å².